The van der Waals surface area contributed by atoms with Gasteiger partial charge in [0.1, 0.15) is 11.8 Å². The first-order valence-electron chi connectivity index (χ1n) is 3.55. The third-order valence-electron chi connectivity index (χ3n) is 1.65. The van der Waals surface area contributed by atoms with Crippen LogP contribution in [0.1, 0.15) is 10.4 Å². The number of aldehydes is 1. The van der Waals surface area contributed by atoms with Gasteiger partial charge in [-0.3, -0.25) is 4.79 Å². The fraction of sp³-hybridized carbons (Fsp3) is 0. The maximum absolute atomic E-state index is 10.4. The highest BCUT2D eigenvalue weighted by Gasteiger charge is 2.08. The van der Waals surface area contributed by atoms with Crippen molar-refractivity contribution in [2.45, 2.75) is 0 Å². The van der Waals surface area contributed by atoms with Gasteiger partial charge in [-0.15, -0.1) is 0 Å². The van der Waals surface area contributed by atoms with Crippen LogP contribution in [0.5, 0.6) is 5.75 Å². The number of nitrogen functional groups attached to an aromatic ring is 1. The van der Waals surface area contributed by atoms with Crippen molar-refractivity contribution in [1.82, 2.24) is 4.98 Å². The number of nitrogens with zero attached hydrogens (tertiary/aromatic N) is 1. The van der Waals surface area contributed by atoms with Gasteiger partial charge in [0.25, 0.3) is 6.01 Å². The molecule has 0 unspecified atom stereocenters. The molecule has 0 atom stereocenters. The Morgan fingerprint density at radius 1 is 1.54 bits per heavy atom. The molecule has 0 aliphatic heterocycles. The minimum absolute atomic E-state index is 0.0339. The van der Waals surface area contributed by atoms with E-state index in [4.69, 9.17) is 10.2 Å². The molecule has 5 heteroatoms. The summed E-state index contributed by atoms with van der Waals surface area (Å²) in [5.74, 6) is -0.135. The summed E-state index contributed by atoms with van der Waals surface area (Å²) in [6, 6.07) is 2.75. The summed E-state index contributed by atoms with van der Waals surface area (Å²) in [5, 5.41) is 9.35. The summed E-state index contributed by atoms with van der Waals surface area (Å²) in [7, 11) is 0. The normalized spacial score (nSPS) is 10.5. The van der Waals surface area contributed by atoms with E-state index >= 15 is 0 Å². The second-order valence-corrected chi connectivity index (χ2v) is 2.56. The maximum Gasteiger partial charge on any atom is 0.293 e. The zero-order valence-electron chi connectivity index (χ0n) is 6.52. The van der Waals surface area contributed by atoms with E-state index in [-0.39, 0.29) is 17.3 Å². The van der Waals surface area contributed by atoms with Crippen molar-refractivity contribution in [2.75, 3.05) is 5.73 Å². The second kappa shape index (κ2) is 2.48. The summed E-state index contributed by atoms with van der Waals surface area (Å²) in [6.45, 7) is 0. The molecule has 1 heterocycles. The number of aromatic nitrogens is 1. The van der Waals surface area contributed by atoms with Crippen molar-refractivity contribution >= 4 is 23.4 Å². The van der Waals surface area contributed by atoms with Gasteiger partial charge in [0.05, 0.1) is 0 Å². The Bertz CT molecular complexity index is 475. The van der Waals surface area contributed by atoms with Crippen LogP contribution in [0.25, 0.3) is 11.1 Å². The molecule has 1 aromatic heterocycles. The molecule has 0 aliphatic carbocycles. The van der Waals surface area contributed by atoms with Crippen LogP contribution < -0.4 is 5.73 Å². The smallest absolute Gasteiger partial charge is 0.293 e. The summed E-state index contributed by atoms with van der Waals surface area (Å²) >= 11 is 0. The van der Waals surface area contributed by atoms with Crippen molar-refractivity contribution in [3.8, 4) is 5.75 Å². The van der Waals surface area contributed by atoms with Crippen LogP contribution in [0.15, 0.2) is 16.5 Å². The molecule has 0 amide bonds. The number of aromatic hydroxyl groups is 1. The number of phenols is 1. The Morgan fingerprint density at radius 2 is 2.31 bits per heavy atom. The molecule has 0 radical (unpaired) electrons. The van der Waals surface area contributed by atoms with E-state index in [9.17, 15) is 9.90 Å². The van der Waals surface area contributed by atoms with Crippen molar-refractivity contribution in [3.05, 3.63) is 17.7 Å². The Morgan fingerprint density at radius 3 is 3.00 bits per heavy atom. The van der Waals surface area contributed by atoms with Gasteiger partial charge in [-0.1, -0.05) is 0 Å². The van der Waals surface area contributed by atoms with Gasteiger partial charge >= 0.3 is 0 Å². The Labute approximate surface area is 72.8 Å². The van der Waals surface area contributed by atoms with Gasteiger partial charge in [0.15, 0.2) is 11.3 Å². The molecule has 5 nitrogen and oxygen atoms in total. The number of rotatable bonds is 1. The number of phenolic OH excluding ortho intramolecular Hbond substituents is 1. The maximum atomic E-state index is 10.4. The SMILES string of the molecule is Nc1nc2cc(C=O)cc(O)c2o1. The molecule has 13 heavy (non-hydrogen) atoms. The lowest BCUT2D eigenvalue weighted by Crippen LogP contribution is -1.81. The molecule has 2 rings (SSSR count). The van der Waals surface area contributed by atoms with E-state index in [1.54, 1.807) is 0 Å². The monoisotopic (exact) mass is 178 g/mol. The zero-order chi connectivity index (χ0) is 9.42. The van der Waals surface area contributed by atoms with Gasteiger partial charge in [0, 0.05) is 5.56 Å². The molecule has 0 saturated heterocycles. The molecule has 0 fully saturated rings. The van der Waals surface area contributed by atoms with E-state index in [2.05, 4.69) is 4.98 Å². The van der Waals surface area contributed by atoms with Crippen molar-refractivity contribution < 1.29 is 14.3 Å². The molecule has 2 aromatic rings. The van der Waals surface area contributed by atoms with E-state index in [0.29, 0.717) is 17.4 Å². The number of carbonyl (C=O) groups is 1. The molecule has 0 spiro atoms. The lowest BCUT2D eigenvalue weighted by atomic mass is 10.2. The number of anilines is 1. The molecule has 1 aromatic carbocycles. The zero-order valence-corrected chi connectivity index (χ0v) is 6.52. The summed E-state index contributed by atoms with van der Waals surface area (Å²) in [4.78, 5) is 14.2. The van der Waals surface area contributed by atoms with Gasteiger partial charge in [-0.2, -0.15) is 4.98 Å². The molecule has 3 N–H and O–H groups in total. The molecule has 0 aliphatic rings. The summed E-state index contributed by atoms with van der Waals surface area (Å²) < 4.78 is 4.90. The third kappa shape index (κ3) is 1.10. The van der Waals surface area contributed by atoms with Gasteiger partial charge < -0.3 is 15.3 Å². The number of fused-ring (bicyclic) bond motifs is 1. The highest BCUT2D eigenvalue weighted by Crippen LogP contribution is 2.27. The third-order valence-corrected chi connectivity index (χ3v) is 1.65. The van der Waals surface area contributed by atoms with Crippen molar-refractivity contribution in [2.24, 2.45) is 0 Å². The largest absolute Gasteiger partial charge is 0.504 e. The quantitative estimate of drug-likeness (QED) is 0.634. The fourth-order valence-corrected chi connectivity index (χ4v) is 1.12. The number of hydrogen-bond donors (Lipinski definition) is 2. The van der Waals surface area contributed by atoms with Crippen LogP contribution in [-0.2, 0) is 0 Å². The standard InChI is InChI=1S/C8H6N2O3/c9-8-10-5-1-4(3-11)2-6(12)7(5)13-8/h1-3,12H,(H2,9,10). The van der Waals surface area contributed by atoms with E-state index in [1.807, 2.05) is 0 Å². The summed E-state index contributed by atoms with van der Waals surface area (Å²) in [5.41, 5.74) is 6.18. The van der Waals surface area contributed by atoms with Crippen LogP contribution in [0.2, 0.25) is 0 Å². The molecular formula is C8H6N2O3. The number of hydrogen-bond acceptors (Lipinski definition) is 5. The number of benzene rings is 1. The lowest BCUT2D eigenvalue weighted by Gasteiger charge is -1.92. The predicted octanol–water partition coefficient (Wildman–Crippen LogP) is 0.928. The average molecular weight is 178 g/mol. The molecule has 66 valence electrons. The van der Waals surface area contributed by atoms with Gasteiger partial charge in [-0.25, -0.2) is 0 Å². The lowest BCUT2D eigenvalue weighted by molar-refractivity contribution is 0.112. The van der Waals surface area contributed by atoms with Crippen LogP contribution >= 0.6 is 0 Å². The number of carbonyl (C=O) groups excluding carboxylic acids is 1. The number of oxazole rings is 1. The van der Waals surface area contributed by atoms with E-state index in [1.165, 1.54) is 12.1 Å². The molecule has 0 saturated carbocycles. The Balaban J connectivity index is 2.82. The number of nitrogens with two attached hydrogens (primary N) is 1. The first-order valence-corrected chi connectivity index (χ1v) is 3.55. The van der Waals surface area contributed by atoms with Crippen LogP contribution in [-0.4, -0.2) is 16.4 Å². The first-order chi connectivity index (χ1) is 6.20. The van der Waals surface area contributed by atoms with Crippen molar-refractivity contribution in [3.63, 3.8) is 0 Å². The average Bonchev–Trinajstić information content (AvgIpc) is 2.46. The van der Waals surface area contributed by atoms with E-state index in [0.717, 1.165) is 0 Å². The molecule has 0 bridgehead atoms. The van der Waals surface area contributed by atoms with E-state index < -0.39 is 0 Å². The molecular weight excluding hydrogens is 172 g/mol. The fourth-order valence-electron chi connectivity index (χ4n) is 1.12. The second-order valence-electron chi connectivity index (χ2n) is 2.56. The highest BCUT2D eigenvalue weighted by molar-refractivity contribution is 5.88. The summed E-state index contributed by atoms with van der Waals surface area (Å²) in [6.07, 6.45) is 0.615. The van der Waals surface area contributed by atoms with Gasteiger partial charge in [-0.05, 0) is 12.1 Å². The van der Waals surface area contributed by atoms with Crippen molar-refractivity contribution in [1.29, 1.82) is 0 Å². The minimum atomic E-state index is -0.135. The first kappa shape index (κ1) is 7.60. The Kier molecular flexibility index (Phi) is 1.45. The predicted molar refractivity (Wildman–Crippen MR) is 45.5 cm³/mol. The van der Waals surface area contributed by atoms with Gasteiger partial charge in [0.2, 0.25) is 0 Å². The topological polar surface area (TPSA) is 89.3 Å². The van der Waals surface area contributed by atoms with Crippen LogP contribution in [0, 0.1) is 0 Å². The van der Waals surface area contributed by atoms with Crippen LogP contribution in [0.3, 0.4) is 0 Å². The van der Waals surface area contributed by atoms with Crippen LogP contribution in [0.4, 0.5) is 6.01 Å². The Hall–Kier alpha value is -2.04. The minimum Gasteiger partial charge on any atom is -0.504 e. The highest BCUT2D eigenvalue weighted by atomic mass is 16.4.